The third-order valence-electron chi connectivity index (χ3n) is 6.48. The second kappa shape index (κ2) is 10.4. The standard InChI is InChI=1S/C29H26N6O/c30-16-24-15-20(18-35-14-12-23(19-35)26-6-3-4-13-32-26)17-33-28(24)21-8-10-22(11-9-21)29(36)34-27-7-2-1-5-25(27)31/h1-11,13,15,17,23H,12,14,18-19,31H2,(H,34,36). The molecule has 7 nitrogen and oxygen atoms in total. The van der Waals surface area contributed by atoms with Crippen LogP contribution in [-0.4, -0.2) is 33.9 Å². The van der Waals surface area contributed by atoms with Crippen molar-refractivity contribution in [2.45, 2.75) is 18.9 Å². The monoisotopic (exact) mass is 474 g/mol. The third-order valence-corrected chi connectivity index (χ3v) is 6.48. The van der Waals surface area contributed by atoms with Crippen LogP contribution in [0.25, 0.3) is 11.3 Å². The highest BCUT2D eigenvalue weighted by Gasteiger charge is 2.25. The van der Waals surface area contributed by atoms with Crippen LogP contribution in [0.4, 0.5) is 11.4 Å². The largest absolute Gasteiger partial charge is 0.397 e. The average Bonchev–Trinajstić information content (AvgIpc) is 3.39. The van der Waals surface area contributed by atoms with Crippen LogP contribution < -0.4 is 11.1 Å². The fourth-order valence-electron chi connectivity index (χ4n) is 4.59. The molecule has 1 amide bonds. The van der Waals surface area contributed by atoms with Crippen LogP contribution in [0.2, 0.25) is 0 Å². The van der Waals surface area contributed by atoms with E-state index in [1.54, 1.807) is 24.3 Å². The maximum Gasteiger partial charge on any atom is 0.255 e. The predicted molar refractivity (Wildman–Crippen MR) is 140 cm³/mol. The van der Waals surface area contributed by atoms with Crippen molar-refractivity contribution < 1.29 is 4.79 Å². The van der Waals surface area contributed by atoms with Gasteiger partial charge in [0.05, 0.1) is 22.6 Å². The van der Waals surface area contributed by atoms with E-state index in [-0.39, 0.29) is 5.91 Å². The number of para-hydroxylation sites is 2. The third kappa shape index (κ3) is 5.09. The summed E-state index contributed by atoms with van der Waals surface area (Å²) < 4.78 is 0. The number of pyridine rings is 2. The molecule has 1 aliphatic rings. The van der Waals surface area contributed by atoms with Gasteiger partial charge in [0.2, 0.25) is 0 Å². The van der Waals surface area contributed by atoms with Crippen molar-refractivity contribution in [2.75, 3.05) is 24.1 Å². The minimum Gasteiger partial charge on any atom is -0.397 e. The van der Waals surface area contributed by atoms with Crippen LogP contribution in [-0.2, 0) is 6.54 Å². The minimum absolute atomic E-state index is 0.252. The SMILES string of the molecule is N#Cc1cc(CN2CCC(c3ccccn3)C2)cnc1-c1ccc(C(=O)Nc2ccccc2N)cc1. The van der Waals surface area contributed by atoms with E-state index in [1.165, 1.54) is 0 Å². The Labute approximate surface area is 210 Å². The zero-order chi connectivity index (χ0) is 24.9. The smallest absolute Gasteiger partial charge is 0.255 e. The molecule has 7 heteroatoms. The number of nitrogens with two attached hydrogens (primary N) is 1. The quantitative estimate of drug-likeness (QED) is 0.387. The van der Waals surface area contributed by atoms with Gasteiger partial charge in [0.15, 0.2) is 0 Å². The van der Waals surface area contributed by atoms with Gasteiger partial charge in [-0.25, -0.2) is 0 Å². The summed E-state index contributed by atoms with van der Waals surface area (Å²) in [6.45, 7) is 2.68. The molecule has 178 valence electrons. The van der Waals surface area contributed by atoms with E-state index >= 15 is 0 Å². The second-order valence-electron chi connectivity index (χ2n) is 8.95. The molecule has 0 spiro atoms. The van der Waals surface area contributed by atoms with Gasteiger partial charge in [-0.1, -0.05) is 30.3 Å². The van der Waals surface area contributed by atoms with Gasteiger partial charge in [0, 0.05) is 48.2 Å². The lowest BCUT2D eigenvalue weighted by molar-refractivity contribution is 0.102. The van der Waals surface area contributed by atoms with Crippen molar-refractivity contribution in [1.29, 1.82) is 5.26 Å². The number of nitrogens with zero attached hydrogens (tertiary/aromatic N) is 4. The number of benzene rings is 2. The molecule has 3 N–H and O–H groups in total. The molecule has 1 saturated heterocycles. The normalized spacial score (nSPS) is 15.4. The molecule has 0 aliphatic carbocycles. The van der Waals surface area contributed by atoms with Crippen LogP contribution >= 0.6 is 0 Å². The van der Waals surface area contributed by atoms with Gasteiger partial charge in [-0.2, -0.15) is 5.26 Å². The van der Waals surface area contributed by atoms with Crippen LogP contribution in [0.15, 0.2) is 85.2 Å². The van der Waals surface area contributed by atoms with Gasteiger partial charge >= 0.3 is 0 Å². The molecule has 2 aromatic carbocycles. The van der Waals surface area contributed by atoms with Gasteiger partial charge in [-0.05, 0) is 61.0 Å². The molecule has 4 aromatic rings. The van der Waals surface area contributed by atoms with Gasteiger partial charge in [-0.15, -0.1) is 0 Å². The second-order valence-corrected chi connectivity index (χ2v) is 8.95. The van der Waals surface area contributed by atoms with Crippen LogP contribution in [0.5, 0.6) is 0 Å². The first kappa shape index (κ1) is 23.2. The number of nitrogen functional groups attached to an aromatic ring is 1. The molecule has 0 radical (unpaired) electrons. The van der Waals surface area contributed by atoms with E-state index in [0.29, 0.717) is 34.1 Å². The van der Waals surface area contributed by atoms with Gasteiger partial charge < -0.3 is 11.1 Å². The number of carbonyl (C=O) groups is 1. The lowest BCUT2D eigenvalue weighted by Crippen LogP contribution is -2.20. The van der Waals surface area contributed by atoms with E-state index in [1.807, 2.05) is 54.9 Å². The molecule has 1 unspecified atom stereocenters. The number of nitriles is 1. The lowest BCUT2D eigenvalue weighted by atomic mass is 10.0. The van der Waals surface area contributed by atoms with E-state index < -0.39 is 0 Å². The molecule has 0 bridgehead atoms. The van der Waals surface area contributed by atoms with Crippen molar-refractivity contribution >= 4 is 17.3 Å². The summed E-state index contributed by atoms with van der Waals surface area (Å²) in [4.78, 5) is 24.1. The molecule has 5 rings (SSSR count). The first-order valence-electron chi connectivity index (χ1n) is 11.9. The lowest BCUT2D eigenvalue weighted by Gasteiger charge is -2.16. The van der Waals surface area contributed by atoms with Gasteiger partial charge in [0.1, 0.15) is 6.07 Å². The molecular weight excluding hydrogens is 448 g/mol. The molecular formula is C29H26N6O. The van der Waals surface area contributed by atoms with Crippen molar-refractivity contribution in [3.63, 3.8) is 0 Å². The molecule has 1 fully saturated rings. The van der Waals surface area contributed by atoms with Crippen molar-refractivity contribution in [1.82, 2.24) is 14.9 Å². The Balaban J connectivity index is 1.27. The van der Waals surface area contributed by atoms with Crippen LogP contribution in [0.3, 0.4) is 0 Å². The van der Waals surface area contributed by atoms with Gasteiger partial charge in [0.25, 0.3) is 5.91 Å². The Morgan fingerprint density at radius 1 is 1.08 bits per heavy atom. The Morgan fingerprint density at radius 3 is 2.64 bits per heavy atom. The zero-order valence-electron chi connectivity index (χ0n) is 19.8. The predicted octanol–water partition coefficient (Wildman–Crippen LogP) is 4.84. The van der Waals surface area contributed by atoms with Crippen molar-refractivity contribution in [2.24, 2.45) is 0 Å². The molecule has 1 aliphatic heterocycles. The number of aromatic nitrogens is 2. The maximum absolute atomic E-state index is 12.6. The number of amides is 1. The number of hydrogen-bond donors (Lipinski definition) is 2. The highest BCUT2D eigenvalue weighted by atomic mass is 16.1. The number of rotatable bonds is 6. The fraction of sp³-hybridized carbons (Fsp3) is 0.172. The molecule has 2 aromatic heterocycles. The summed E-state index contributed by atoms with van der Waals surface area (Å²) in [5.41, 5.74) is 11.5. The van der Waals surface area contributed by atoms with Crippen LogP contribution in [0.1, 0.15) is 39.5 Å². The molecule has 36 heavy (non-hydrogen) atoms. The Morgan fingerprint density at radius 2 is 1.89 bits per heavy atom. The number of carbonyl (C=O) groups excluding carboxylic acids is 1. The first-order valence-corrected chi connectivity index (χ1v) is 11.9. The molecule has 3 heterocycles. The van der Waals surface area contributed by atoms with Gasteiger partial charge in [-0.3, -0.25) is 19.7 Å². The summed E-state index contributed by atoms with van der Waals surface area (Å²) in [5.74, 6) is 0.181. The fourth-order valence-corrected chi connectivity index (χ4v) is 4.59. The maximum atomic E-state index is 12.6. The summed E-state index contributed by atoms with van der Waals surface area (Å²) in [6, 6.07) is 24.5. The topological polar surface area (TPSA) is 108 Å². The number of likely N-dealkylation sites (tertiary alicyclic amines) is 1. The summed E-state index contributed by atoms with van der Waals surface area (Å²) in [7, 11) is 0. The molecule has 1 atom stereocenters. The summed E-state index contributed by atoms with van der Waals surface area (Å²) >= 11 is 0. The van der Waals surface area contributed by atoms with E-state index in [0.717, 1.165) is 42.9 Å². The average molecular weight is 475 g/mol. The van der Waals surface area contributed by atoms with E-state index in [9.17, 15) is 10.1 Å². The Bertz CT molecular complexity index is 1410. The highest BCUT2D eigenvalue weighted by molar-refractivity contribution is 6.05. The highest BCUT2D eigenvalue weighted by Crippen LogP contribution is 2.28. The zero-order valence-corrected chi connectivity index (χ0v) is 19.8. The van der Waals surface area contributed by atoms with Crippen LogP contribution in [0, 0.1) is 11.3 Å². The summed E-state index contributed by atoms with van der Waals surface area (Å²) in [6.07, 6.45) is 4.76. The molecule has 0 saturated carbocycles. The first-order chi connectivity index (χ1) is 17.6. The summed E-state index contributed by atoms with van der Waals surface area (Å²) in [5, 5.41) is 12.6. The number of nitrogens with one attached hydrogen (secondary N) is 1. The number of anilines is 2. The Kier molecular flexibility index (Phi) is 6.69. The van der Waals surface area contributed by atoms with E-state index in [2.05, 4.69) is 32.3 Å². The number of hydrogen-bond acceptors (Lipinski definition) is 6. The van der Waals surface area contributed by atoms with Crippen molar-refractivity contribution in [3.05, 3.63) is 108 Å². The Hall–Kier alpha value is -4.54. The van der Waals surface area contributed by atoms with Crippen molar-refractivity contribution in [3.8, 4) is 17.3 Å². The minimum atomic E-state index is -0.252. The van der Waals surface area contributed by atoms with E-state index in [4.69, 9.17) is 5.73 Å².